The summed E-state index contributed by atoms with van der Waals surface area (Å²) in [6, 6.07) is 0. The highest BCUT2D eigenvalue weighted by molar-refractivity contribution is 7.92. The molecule has 2 N–H and O–H groups in total. The molecule has 7 nitrogen and oxygen atoms in total. The summed E-state index contributed by atoms with van der Waals surface area (Å²) in [5, 5.41) is 19.4. The van der Waals surface area contributed by atoms with Crippen LogP contribution in [0.4, 0.5) is 5.95 Å². The number of anilines is 1. The van der Waals surface area contributed by atoms with Gasteiger partial charge in [0.15, 0.2) is 0 Å². The molecule has 2 atom stereocenters. The van der Waals surface area contributed by atoms with Gasteiger partial charge in [0.1, 0.15) is 0 Å². The predicted octanol–water partition coefficient (Wildman–Crippen LogP) is 2.26. The molecule has 0 radical (unpaired) electrons. The summed E-state index contributed by atoms with van der Waals surface area (Å²) < 4.78 is 24.8. The predicted molar refractivity (Wildman–Crippen MR) is 105 cm³/mol. The van der Waals surface area contributed by atoms with Gasteiger partial charge in [-0.2, -0.15) is 0 Å². The molecular weight excluding hydrogens is 354 g/mol. The van der Waals surface area contributed by atoms with Gasteiger partial charge >= 0.3 is 0 Å². The first kappa shape index (κ1) is 22.5. The van der Waals surface area contributed by atoms with Crippen LogP contribution in [0.1, 0.15) is 69.8 Å². The molecule has 0 fully saturated rings. The van der Waals surface area contributed by atoms with Gasteiger partial charge in [-0.15, -0.1) is 0 Å². The Balaban J connectivity index is 3.51. The maximum Gasteiger partial charge on any atom is 0.239 e. The van der Waals surface area contributed by atoms with Crippen molar-refractivity contribution in [3.8, 4) is 0 Å². The van der Waals surface area contributed by atoms with Crippen molar-refractivity contribution in [2.75, 3.05) is 17.6 Å². The zero-order valence-electron chi connectivity index (χ0n) is 16.6. The van der Waals surface area contributed by atoms with Crippen molar-refractivity contribution in [1.29, 1.82) is 0 Å². The van der Waals surface area contributed by atoms with E-state index >= 15 is 0 Å². The maximum absolute atomic E-state index is 11.9. The average molecular weight is 386 g/mol. The Hall–Kier alpha value is -1.51. The third kappa shape index (κ3) is 6.03. The van der Waals surface area contributed by atoms with Crippen molar-refractivity contribution in [3.63, 3.8) is 0 Å². The molecule has 0 saturated carbocycles. The molecule has 0 aliphatic rings. The highest BCUT2D eigenvalue weighted by atomic mass is 32.2. The Morgan fingerprint density at radius 3 is 1.85 bits per heavy atom. The fraction of sp³-hybridized carbons (Fsp3) is 0.667. The molecule has 0 spiro atoms. The van der Waals surface area contributed by atoms with Crippen LogP contribution in [0.3, 0.4) is 0 Å². The van der Waals surface area contributed by atoms with Gasteiger partial charge in [-0.05, 0) is 18.8 Å². The van der Waals surface area contributed by atoms with Crippen LogP contribution >= 0.6 is 0 Å². The lowest BCUT2D eigenvalue weighted by molar-refractivity contribution is 0.117. The van der Waals surface area contributed by atoms with E-state index in [1.54, 1.807) is 19.1 Å². The van der Waals surface area contributed by atoms with Crippen LogP contribution in [0, 0.1) is 0 Å². The standard InChI is InChI=1S/C18H31N3O4S/c1-11(2)16-15(9-8-14(23)10-13(5)22)17(12(3)4)20-18(19-16)21(6)26(7,24)25/h8-9,11-14,22-23H,10H2,1-7H3/b9-8+. The van der Waals surface area contributed by atoms with Gasteiger partial charge in [0.2, 0.25) is 16.0 Å². The Labute approximate surface area is 156 Å². The second-order valence-electron chi connectivity index (χ2n) is 7.26. The van der Waals surface area contributed by atoms with Crippen LogP contribution < -0.4 is 4.31 Å². The van der Waals surface area contributed by atoms with Crippen molar-refractivity contribution < 1.29 is 18.6 Å². The van der Waals surface area contributed by atoms with Crippen LogP contribution in [0.2, 0.25) is 0 Å². The molecule has 1 rings (SSSR count). The first-order valence-corrected chi connectivity index (χ1v) is 10.6. The van der Waals surface area contributed by atoms with Crippen LogP contribution in [0.25, 0.3) is 6.08 Å². The molecule has 1 heterocycles. The van der Waals surface area contributed by atoms with Crippen LogP contribution in [0.5, 0.6) is 0 Å². The number of hydrogen-bond acceptors (Lipinski definition) is 6. The number of nitrogens with zero attached hydrogens (tertiary/aromatic N) is 3. The van der Waals surface area contributed by atoms with Crippen molar-refractivity contribution in [2.45, 2.75) is 65.1 Å². The minimum Gasteiger partial charge on any atom is -0.393 e. The summed E-state index contributed by atoms with van der Waals surface area (Å²) in [5.74, 6) is 0.216. The average Bonchev–Trinajstić information content (AvgIpc) is 2.49. The fourth-order valence-corrected chi connectivity index (χ4v) is 2.85. The Kier molecular flexibility index (Phi) is 7.73. The zero-order chi connectivity index (χ0) is 20.2. The lowest BCUT2D eigenvalue weighted by Gasteiger charge is -2.21. The highest BCUT2D eigenvalue weighted by Gasteiger charge is 2.22. The molecule has 0 aliphatic carbocycles. The van der Waals surface area contributed by atoms with Crippen LogP contribution in [-0.2, 0) is 10.0 Å². The third-order valence-corrected chi connectivity index (χ3v) is 5.09. The monoisotopic (exact) mass is 385 g/mol. The first-order valence-electron chi connectivity index (χ1n) is 8.74. The number of aromatic nitrogens is 2. The SMILES string of the molecule is CC(O)CC(O)/C=C/c1c(C(C)C)nc(N(C)S(C)(=O)=O)nc1C(C)C. The van der Waals surface area contributed by atoms with E-state index in [2.05, 4.69) is 9.97 Å². The summed E-state index contributed by atoms with van der Waals surface area (Å²) in [6.45, 7) is 9.51. The lowest BCUT2D eigenvalue weighted by Crippen LogP contribution is -2.28. The van der Waals surface area contributed by atoms with E-state index in [-0.39, 0.29) is 24.2 Å². The van der Waals surface area contributed by atoms with Gasteiger partial charge < -0.3 is 10.2 Å². The van der Waals surface area contributed by atoms with E-state index in [9.17, 15) is 18.6 Å². The molecule has 26 heavy (non-hydrogen) atoms. The molecule has 0 bridgehead atoms. The van der Waals surface area contributed by atoms with Gasteiger partial charge in [-0.1, -0.05) is 39.8 Å². The summed E-state index contributed by atoms with van der Waals surface area (Å²) in [5.41, 5.74) is 2.22. The number of rotatable bonds is 8. The van der Waals surface area contributed by atoms with Crippen LogP contribution in [0.15, 0.2) is 6.08 Å². The normalized spacial score (nSPS) is 15.0. The Bertz CT molecular complexity index is 714. The summed E-state index contributed by atoms with van der Waals surface area (Å²) in [6.07, 6.45) is 3.34. The second-order valence-corrected chi connectivity index (χ2v) is 9.27. The van der Waals surface area contributed by atoms with E-state index in [4.69, 9.17) is 0 Å². The number of hydrogen-bond donors (Lipinski definition) is 2. The van der Waals surface area contributed by atoms with Crippen LogP contribution in [-0.4, -0.2) is 54.1 Å². The highest BCUT2D eigenvalue weighted by Crippen LogP contribution is 2.29. The van der Waals surface area contributed by atoms with Crippen molar-refractivity contribution in [1.82, 2.24) is 9.97 Å². The molecule has 8 heteroatoms. The van der Waals surface area contributed by atoms with Gasteiger partial charge in [-0.25, -0.2) is 22.7 Å². The summed E-state index contributed by atoms with van der Waals surface area (Å²) >= 11 is 0. The molecule has 0 aromatic carbocycles. The number of aliphatic hydroxyl groups excluding tert-OH is 2. The zero-order valence-corrected chi connectivity index (χ0v) is 17.4. The third-order valence-electron chi connectivity index (χ3n) is 3.93. The molecule has 1 aromatic heterocycles. The molecule has 0 saturated heterocycles. The lowest BCUT2D eigenvalue weighted by atomic mass is 9.96. The van der Waals surface area contributed by atoms with Gasteiger partial charge in [0, 0.05) is 19.0 Å². The summed E-state index contributed by atoms with van der Waals surface area (Å²) in [7, 11) is -2.04. The number of aliphatic hydroxyl groups is 2. The van der Waals surface area contributed by atoms with Crippen molar-refractivity contribution in [2.24, 2.45) is 0 Å². The van der Waals surface area contributed by atoms with Gasteiger partial charge in [0.25, 0.3) is 0 Å². The first-order chi connectivity index (χ1) is 11.8. The quantitative estimate of drug-likeness (QED) is 0.711. The second kappa shape index (κ2) is 8.92. The largest absolute Gasteiger partial charge is 0.393 e. The number of sulfonamides is 1. The molecule has 0 aliphatic heterocycles. The maximum atomic E-state index is 11.9. The van der Waals surface area contributed by atoms with E-state index < -0.39 is 22.2 Å². The minimum atomic E-state index is -3.47. The molecule has 1 aromatic rings. The molecule has 148 valence electrons. The minimum absolute atomic E-state index is 0.0377. The van der Waals surface area contributed by atoms with Gasteiger partial charge in [0.05, 0.1) is 29.9 Å². The molecular formula is C18H31N3O4S. The van der Waals surface area contributed by atoms with E-state index in [1.165, 1.54) is 7.05 Å². The van der Waals surface area contributed by atoms with E-state index in [1.807, 2.05) is 27.7 Å². The van der Waals surface area contributed by atoms with E-state index in [0.29, 0.717) is 0 Å². The van der Waals surface area contributed by atoms with E-state index in [0.717, 1.165) is 27.5 Å². The fourth-order valence-electron chi connectivity index (χ4n) is 2.47. The molecule has 0 amide bonds. The van der Waals surface area contributed by atoms with Crippen molar-refractivity contribution in [3.05, 3.63) is 23.0 Å². The molecule has 2 unspecified atom stereocenters. The Morgan fingerprint density at radius 1 is 1.04 bits per heavy atom. The Morgan fingerprint density at radius 2 is 1.50 bits per heavy atom. The van der Waals surface area contributed by atoms with Crippen molar-refractivity contribution >= 4 is 22.0 Å². The summed E-state index contributed by atoms with van der Waals surface area (Å²) in [4.78, 5) is 8.95. The van der Waals surface area contributed by atoms with Gasteiger partial charge in [-0.3, -0.25) is 0 Å². The topological polar surface area (TPSA) is 104 Å². The smallest absolute Gasteiger partial charge is 0.239 e.